The minimum absolute atomic E-state index is 0.261. The molecular formula is C11H14N4O4. The van der Waals surface area contributed by atoms with Gasteiger partial charge in [0.2, 0.25) is 0 Å². The number of fused-ring (bicyclic) bond motifs is 4. The number of esters is 1. The first kappa shape index (κ1) is 12.0. The second-order valence-electron chi connectivity index (χ2n) is 4.55. The van der Waals surface area contributed by atoms with E-state index in [-0.39, 0.29) is 6.54 Å². The number of rotatable bonds is 2. The Labute approximate surface area is 109 Å². The van der Waals surface area contributed by atoms with E-state index < -0.39 is 24.1 Å². The number of hydrogen-bond acceptors (Lipinski definition) is 5. The Morgan fingerprint density at radius 3 is 3.00 bits per heavy atom. The summed E-state index contributed by atoms with van der Waals surface area (Å²) in [7, 11) is 1.27. The third-order valence-corrected chi connectivity index (χ3v) is 3.60. The molecule has 2 aliphatic rings. The van der Waals surface area contributed by atoms with E-state index in [9.17, 15) is 14.8 Å². The zero-order chi connectivity index (χ0) is 13.7. The van der Waals surface area contributed by atoms with Crippen LogP contribution in [0, 0.1) is 0 Å². The molecule has 0 aromatic carbocycles. The minimum Gasteiger partial charge on any atom is -0.467 e. The molecule has 0 aliphatic carbocycles. The van der Waals surface area contributed by atoms with E-state index in [1.165, 1.54) is 12.0 Å². The molecule has 8 nitrogen and oxygen atoms in total. The Morgan fingerprint density at radius 1 is 1.63 bits per heavy atom. The number of hydroxylamine groups is 2. The van der Waals surface area contributed by atoms with Crippen LogP contribution in [0.1, 0.15) is 30.3 Å². The zero-order valence-electron chi connectivity index (χ0n) is 10.6. The number of nitrogens with zero attached hydrogens (tertiary/aromatic N) is 4. The highest BCUT2D eigenvalue weighted by molar-refractivity contribution is 5.87. The van der Waals surface area contributed by atoms with Gasteiger partial charge in [-0.1, -0.05) is 0 Å². The van der Waals surface area contributed by atoms with Gasteiger partial charge in [0.25, 0.3) is 0 Å². The molecule has 102 valence electrons. The molecule has 1 N–H and O–H groups in total. The quantitative estimate of drug-likeness (QED) is 0.614. The van der Waals surface area contributed by atoms with Crippen molar-refractivity contribution in [3.8, 4) is 0 Å². The standard InChI is InChI=1S/C11H14N4O4/c1-3-13-4-6-7-5-14(11(17)15(7)18)9(8(6)12-13)10(16)19-2/h4,7,9,18H,3,5H2,1-2H3. The maximum absolute atomic E-state index is 11.9. The average molecular weight is 266 g/mol. The van der Waals surface area contributed by atoms with Crippen LogP contribution in [0.5, 0.6) is 0 Å². The van der Waals surface area contributed by atoms with Crippen molar-refractivity contribution >= 4 is 12.0 Å². The van der Waals surface area contributed by atoms with Crippen molar-refractivity contribution in [3.05, 3.63) is 17.5 Å². The van der Waals surface area contributed by atoms with Crippen LogP contribution in [-0.2, 0) is 16.1 Å². The van der Waals surface area contributed by atoms with E-state index in [4.69, 9.17) is 4.74 Å². The molecule has 1 fully saturated rings. The molecule has 3 rings (SSSR count). The maximum Gasteiger partial charge on any atom is 0.345 e. The van der Waals surface area contributed by atoms with Crippen molar-refractivity contribution < 1.29 is 19.5 Å². The zero-order valence-corrected chi connectivity index (χ0v) is 10.6. The lowest BCUT2D eigenvalue weighted by Gasteiger charge is -2.27. The molecule has 2 unspecified atom stereocenters. The third kappa shape index (κ3) is 1.46. The minimum atomic E-state index is -0.881. The number of amides is 2. The normalized spacial score (nSPS) is 24.7. The third-order valence-electron chi connectivity index (χ3n) is 3.60. The van der Waals surface area contributed by atoms with Gasteiger partial charge in [0.15, 0.2) is 6.04 Å². The number of methoxy groups -OCH3 is 1. The Bertz CT molecular complexity index is 555. The molecule has 2 aliphatic heterocycles. The number of ether oxygens (including phenoxy) is 1. The second kappa shape index (κ2) is 3.95. The van der Waals surface area contributed by atoms with E-state index in [0.29, 0.717) is 22.9 Å². The lowest BCUT2D eigenvalue weighted by molar-refractivity contribution is -0.146. The summed E-state index contributed by atoms with van der Waals surface area (Å²) in [6.45, 7) is 2.83. The van der Waals surface area contributed by atoms with Gasteiger partial charge in [0.1, 0.15) is 11.7 Å². The molecule has 2 bridgehead atoms. The van der Waals surface area contributed by atoms with Crippen LogP contribution in [0.25, 0.3) is 0 Å². The van der Waals surface area contributed by atoms with Crippen molar-refractivity contribution in [2.24, 2.45) is 0 Å². The molecule has 1 aromatic heterocycles. The Morgan fingerprint density at radius 2 is 2.37 bits per heavy atom. The Kier molecular flexibility index (Phi) is 2.49. The summed E-state index contributed by atoms with van der Waals surface area (Å²) >= 11 is 0. The van der Waals surface area contributed by atoms with Gasteiger partial charge in [0, 0.05) is 18.3 Å². The van der Waals surface area contributed by atoms with E-state index in [0.717, 1.165) is 0 Å². The molecule has 8 heteroatoms. The van der Waals surface area contributed by atoms with Gasteiger partial charge >= 0.3 is 12.0 Å². The molecule has 0 saturated carbocycles. The highest BCUT2D eigenvalue weighted by Gasteiger charge is 2.52. The highest BCUT2D eigenvalue weighted by atomic mass is 16.5. The first-order chi connectivity index (χ1) is 9.08. The van der Waals surface area contributed by atoms with Gasteiger partial charge in [0.05, 0.1) is 13.7 Å². The topological polar surface area (TPSA) is 87.9 Å². The van der Waals surface area contributed by atoms with Crippen LogP contribution < -0.4 is 0 Å². The van der Waals surface area contributed by atoms with Crippen LogP contribution in [0.4, 0.5) is 4.79 Å². The second-order valence-corrected chi connectivity index (χ2v) is 4.55. The molecule has 3 heterocycles. The van der Waals surface area contributed by atoms with E-state index in [1.807, 2.05) is 6.92 Å². The van der Waals surface area contributed by atoms with Crippen molar-refractivity contribution in [2.75, 3.05) is 13.7 Å². The number of aryl methyl sites for hydroxylation is 1. The first-order valence-electron chi connectivity index (χ1n) is 6.02. The maximum atomic E-state index is 11.9. The monoisotopic (exact) mass is 266 g/mol. The summed E-state index contributed by atoms with van der Waals surface area (Å²) in [4.78, 5) is 25.1. The molecular weight excluding hydrogens is 252 g/mol. The fourth-order valence-corrected chi connectivity index (χ4v) is 2.63. The fraction of sp³-hybridized carbons (Fsp3) is 0.545. The van der Waals surface area contributed by atoms with E-state index in [1.54, 1.807) is 10.9 Å². The molecule has 2 atom stereocenters. The van der Waals surface area contributed by atoms with Crippen molar-refractivity contribution in [1.82, 2.24) is 19.7 Å². The van der Waals surface area contributed by atoms with Crippen LogP contribution in [0.3, 0.4) is 0 Å². The van der Waals surface area contributed by atoms with Crippen LogP contribution in [0.15, 0.2) is 6.20 Å². The summed E-state index contributed by atoms with van der Waals surface area (Å²) < 4.78 is 6.42. The summed E-state index contributed by atoms with van der Waals surface area (Å²) in [6, 6.07) is -1.95. The molecule has 0 radical (unpaired) electrons. The van der Waals surface area contributed by atoms with Gasteiger partial charge < -0.3 is 9.64 Å². The number of carbonyl (C=O) groups excluding carboxylic acids is 2. The molecule has 2 amide bonds. The molecule has 1 aromatic rings. The van der Waals surface area contributed by atoms with E-state index in [2.05, 4.69) is 5.10 Å². The summed E-state index contributed by atoms with van der Waals surface area (Å²) in [6.07, 6.45) is 1.76. The number of urea groups is 1. The smallest absolute Gasteiger partial charge is 0.345 e. The van der Waals surface area contributed by atoms with Crippen molar-refractivity contribution in [3.63, 3.8) is 0 Å². The first-order valence-corrected chi connectivity index (χ1v) is 6.02. The average Bonchev–Trinajstić information content (AvgIpc) is 2.95. The summed E-state index contributed by atoms with van der Waals surface area (Å²) in [5.74, 6) is -0.551. The lowest BCUT2D eigenvalue weighted by atomic mass is 9.98. The lowest BCUT2D eigenvalue weighted by Crippen LogP contribution is -2.39. The molecule has 0 spiro atoms. The van der Waals surface area contributed by atoms with Gasteiger partial charge in [-0.05, 0) is 6.92 Å². The largest absolute Gasteiger partial charge is 0.467 e. The number of aromatic nitrogens is 2. The summed E-state index contributed by atoms with van der Waals surface area (Å²) in [5, 5.41) is 14.8. The predicted molar refractivity (Wildman–Crippen MR) is 61.1 cm³/mol. The molecule has 19 heavy (non-hydrogen) atoms. The number of hydrogen-bond donors (Lipinski definition) is 1. The fourth-order valence-electron chi connectivity index (χ4n) is 2.63. The predicted octanol–water partition coefficient (Wildman–Crippen LogP) is 0.299. The van der Waals surface area contributed by atoms with Crippen LogP contribution >= 0.6 is 0 Å². The van der Waals surface area contributed by atoms with Crippen LogP contribution in [0.2, 0.25) is 0 Å². The Balaban J connectivity index is 2.14. The van der Waals surface area contributed by atoms with Crippen molar-refractivity contribution in [1.29, 1.82) is 0 Å². The Hall–Kier alpha value is -2.09. The summed E-state index contributed by atoms with van der Waals surface area (Å²) in [5.41, 5.74) is 1.18. The van der Waals surface area contributed by atoms with Gasteiger partial charge in [-0.15, -0.1) is 0 Å². The van der Waals surface area contributed by atoms with E-state index >= 15 is 0 Å². The molecule has 1 saturated heterocycles. The van der Waals surface area contributed by atoms with Gasteiger partial charge in [-0.2, -0.15) is 10.2 Å². The van der Waals surface area contributed by atoms with Crippen LogP contribution in [-0.4, -0.2) is 50.6 Å². The van der Waals surface area contributed by atoms with Gasteiger partial charge in [-0.25, -0.2) is 9.59 Å². The highest BCUT2D eigenvalue weighted by Crippen LogP contribution is 2.42. The van der Waals surface area contributed by atoms with Crippen molar-refractivity contribution in [2.45, 2.75) is 25.6 Å². The SMILES string of the molecule is CCn1cc2c(n1)C(C(=O)OC)N1CC2N(O)C1=O. The number of carbonyl (C=O) groups is 2. The van der Waals surface area contributed by atoms with Gasteiger partial charge in [-0.3, -0.25) is 9.89 Å².